The summed E-state index contributed by atoms with van der Waals surface area (Å²) in [6, 6.07) is 3.86. The lowest BCUT2D eigenvalue weighted by Crippen LogP contribution is -2.18. The topological polar surface area (TPSA) is 89.9 Å². The highest BCUT2D eigenvalue weighted by atomic mass is 32.1. The fourth-order valence-electron chi connectivity index (χ4n) is 2.41. The van der Waals surface area contributed by atoms with E-state index in [0.29, 0.717) is 23.7 Å². The number of nitrogens with one attached hydrogen (secondary N) is 1. The van der Waals surface area contributed by atoms with Gasteiger partial charge < -0.3 is 14.2 Å². The molecule has 1 aromatic carbocycles. The van der Waals surface area contributed by atoms with Crippen molar-refractivity contribution in [3.05, 3.63) is 33.8 Å². The Morgan fingerprint density at radius 2 is 1.80 bits per heavy atom. The Morgan fingerprint density at radius 1 is 1.12 bits per heavy atom. The number of ether oxygens (including phenoxy) is 3. The van der Waals surface area contributed by atoms with Crippen molar-refractivity contribution in [2.45, 2.75) is 25.7 Å². The first-order valence-electron chi connectivity index (χ1n) is 7.76. The van der Waals surface area contributed by atoms with Crippen LogP contribution in [0.25, 0.3) is 0 Å². The SMILES string of the molecule is COc1cc(CCc2nc(CCC(=O)NO)cs2)cc(OC)c1OC. The highest BCUT2D eigenvalue weighted by Crippen LogP contribution is 2.38. The van der Waals surface area contributed by atoms with Gasteiger partial charge in [0.15, 0.2) is 11.5 Å². The Labute approximate surface area is 150 Å². The summed E-state index contributed by atoms with van der Waals surface area (Å²) in [5.74, 6) is 1.43. The minimum absolute atomic E-state index is 0.215. The number of hydrogen-bond acceptors (Lipinski definition) is 7. The predicted molar refractivity (Wildman–Crippen MR) is 93.9 cm³/mol. The Kier molecular flexibility index (Phi) is 7.03. The largest absolute Gasteiger partial charge is 0.493 e. The third kappa shape index (κ3) is 5.07. The van der Waals surface area contributed by atoms with E-state index in [-0.39, 0.29) is 6.42 Å². The molecular weight excluding hydrogens is 344 g/mol. The Balaban J connectivity index is 2.01. The van der Waals surface area contributed by atoms with E-state index >= 15 is 0 Å². The zero-order valence-corrected chi connectivity index (χ0v) is 15.3. The van der Waals surface area contributed by atoms with Crippen molar-refractivity contribution in [3.8, 4) is 17.2 Å². The zero-order chi connectivity index (χ0) is 18.2. The van der Waals surface area contributed by atoms with Gasteiger partial charge in [-0.05, 0) is 30.5 Å². The van der Waals surface area contributed by atoms with Crippen LogP contribution in [-0.2, 0) is 24.1 Å². The van der Waals surface area contributed by atoms with Crippen LogP contribution in [0.1, 0.15) is 22.7 Å². The van der Waals surface area contributed by atoms with Gasteiger partial charge in [0.05, 0.1) is 32.0 Å². The molecule has 2 aromatic rings. The number of nitrogens with zero attached hydrogens (tertiary/aromatic N) is 1. The third-order valence-electron chi connectivity index (χ3n) is 3.68. The quantitative estimate of drug-likeness (QED) is 0.523. The van der Waals surface area contributed by atoms with E-state index in [1.807, 2.05) is 17.5 Å². The number of hydrogen-bond donors (Lipinski definition) is 2. The molecule has 0 aliphatic carbocycles. The molecule has 8 heteroatoms. The summed E-state index contributed by atoms with van der Waals surface area (Å²) in [6.45, 7) is 0. The van der Waals surface area contributed by atoms with Gasteiger partial charge >= 0.3 is 0 Å². The number of carbonyl (C=O) groups excluding carboxylic acids is 1. The first kappa shape index (κ1) is 19.0. The van der Waals surface area contributed by atoms with E-state index in [0.717, 1.165) is 29.1 Å². The molecule has 7 nitrogen and oxygen atoms in total. The van der Waals surface area contributed by atoms with Gasteiger partial charge in [0, 0.05) is 18.2 Å². The van der Waals surface area contributed by atoms with Crippen LogP contribution in [0, 0.1) is 0 Å². The average Bonchev–Trinajstić information content (AvgIpc) is 3.11. The molecule has 0 atom stereocenters. The fraction of sp³-hybridized carbons (Fsp3) is 0.412. The van der Waals surface area contributed by atoms with Crippen LogP contribution in [0.5, 0.6) is 17.2 Å². The second kappa shape index (κ2) is 9.24. The minimum atomic E-state index is -0.410. The third-order valence-corrected chi connectivity index (χ3v) is 4.64. The number of amides is 1. The average molecular weight is 366 g/mol. The Bertz CT molecular complexity index is 692. The van der Waals surface area contributed by atoms with Crippen LogP contribution in [-0.4, -0.2) is 37.4 Å². The van der Waals surface area contributed by atoms with Gasteiger partial charge in [-0.15, -0.1) is 11.3 Å². The van der Waals surface area contributed by atoms with E-state index in [2.05, 4.69) is 4.98 Å². The molecule has 0 saturated heterocycles. The van der Waals surface area contributed by atoms with Crippen molar-refractivity contribution in [2.24, 2.45) is 0 Å². The molecular formula is C17H22N2O5S. The van der Waals surface area contributed by atoms with Gasteiger partial charge in [-0.25, -0.2) is 10.5 Å². The number of carbonyl (C=O) groups is 1. The van der Waals surface area contributed by atoms with Crippen molar-refractivity contribution in [1.82, 2.24) is 10.5 Å². The summed E-state index contributed by atoms with van der Waals surface area (Å²) in [7, 11) is 4.77. The summed E-state index contributed by atoms with van der Waals surface area (Å²) in [5.41, 5.74) is 3.54. The number of aromatic nitrogens is 1. The molecule has 0 aliphatic rings. The fourth-order valence-corrected chi connectivity index (χ4v) is 3.24. The Morgan fingerprint density at radius 3 is 2.36 bits per heavy atom. The standard InChI is InChI=1S/C17H22N2O5S/c1-22-13-8-11(9-14(23-2)17(13)24-3)4-7-16-18-12(10-25-16)5-6-15(20)19-21/h8-10,21H,4-7H2,1-3H3,(H,19,20). The molecule has 0 saturated carbocycles. The first-order chi connectivity index (χ1) is 12.1. The van der Waals surface area contributed by atoms with Crippen molar-refractivity contribution in [3.63, 3.8) is 0 Å². The van der Waals surface area contributed by atoms with Crippen molar-refractivity contribution >= 4 is 17.2 Å². The molecule has 0 fully saturated rings. The van der Waals surface area contributed by atoms with E-state index in [4.69, 9.17) is 19.4 Å². The number of thiazole rings is 1. The van der Waals surface area contributed by atoms with Crippen LogP contribution in [0.2, 0.25) is 0 Å². The van der Waals surface area contributed by atoms with Gasteiger partial charge in [0.2, 0.25) is 11.7 Å². The highest BCUT2D eigenvalue weighted by molar-refractivity contribution is 7.09. The lowest BCUT2D eigenvalue weighted by Gasteiger charge is -2.13. The van der Waals surface area contributed by atoms with Gasteiger partial charge in [-0.2, -0.15) is 0 Å². The molecule has 0 aliphatic heterocycles. The maximum atomic E-state index is 11.1. The molecule has 1 heterocycles. The minimum Gasteiger partial charge on any atom is -0.493 e. The second-order valence-electron chi connectivity index (χ2n) is 5.30. The van der Waals surface area contributed by atoms with Crippen LogP contribution in [0.3, 0.4) is 0 Å². The van der Waals surface area contributed by atoms with E-state index < -0.39 is 5.91 Å². The van der Waals surface area contributed by atoms with Gasteiger partial charge in [-0.1, -0.05) is 0 Å². The van der Waals surface area contributed by atoms with Crippen LogP contribution < -0.4 is 19.7 Å². The van der Waals surface area contributed by atoms with Crippen molar-refractivity contribution in [2.75, 3.05) is 21.3 Å². The zero-order valence-electron chi connectivity index (χ0n) is 14.5. The number of methoxy groups -OCH3 is 3. The normalized spacial score (nSPS) is 10.4. The molecule has 25 heavy (non-hydrogen) atoms. The number of benzene rings is 1. The number of hydroxylamine groups is 1. The first-order valence-corrected chi connectivity index (χ1v) is 8.64. The molecule has 0 radical (unpaired) electrons. The van der Waals surface area contributed by atoms with Crippen LogP contribution in [0.15, 0.2) is 17.5 Å². The van der Waals surface area contributed by atoms with E-state index in [1.54, 1.807) is 38.1 Å². The van der Waals surface area contributed by atoms with E-state index in [1.165, 1.54) is 0 Å². The number of aryl methyl sites for hydroxylation is 3. The second-order valence-corrected chi connectivity index (χ2v) is 6.24. The number of rotatable bonds is 9. The molecule has 1 aromatic heterocycles. The molecule has 0 unspecified atom stereocenters. The van der Waals surface area contributed by atoms with Crippen molar-refractivity contribution < 1.29 is 24.2 Å². The van der Waals surface area contributed by atoms with Gasteiger partial charge in [0.1, 0.15) is 0 Å². The summed E-state index contributed by atoms with van der Waals surface area (Å²) in [6.07, 6.45) is 2.27. The molecule has 1 amide bonds. The molecule has 2 rings (SSSR count). The van der Waals surface area contributed by atoms with Crippen molar-refractivity contribution in [1.29, 1.82) is 0 Å². The van der Waals surface area contributed by atoms with Gasteiger partial charge in [0.25, 0.3) is 0 Å². The summed E-state index contributed by atoms with van der Waals surface area (Å²) in [5, 5.41) is 11.4. The summed E-state index contributed by atoms with van der Waals surface area (Å²) < 4.78 is 16.1. The summed E-state index contributed by atoms with van der Waals surface area (Å²) >= 11 is 1.56. The molecule has 136 valence electrons. The smallest absolute Gasteiger partial charge is 0.243 e. The molecule has 0 bridgehead atoms. The summed E-state index contributed by atoms with van der Waals surface area (Å²) in [4.78, 5) is 15.6. The predicted octanol–water partition coefficient (Wildman–Crippen LogP) is 2.39. The maximum absolute atomic E-state index is 11.1. The van der Waals surface area contributed by atoms with Crippen LogP contribution >= 0.6 is 11.3 Å². The Hall–Kier alpha value is -2.32. The maximum Gasteiger partial charge on any atom is 0.243 e. The lowest BCUT2D eigenvalue weighted by molar-refractivity contribution is -0.129. The highest BCUT2D eigenvalue weighted by Gasteiger charge is 2.13. The lowest BCUT2D eigenvalue weighted by atomic mass is 10.1. The molecule has 2 N–H and O–H groups in total. The van der Waals surface area contributed by atoms with E-state index in [9.17, 15) is 4.79 Å². The monoisotopic (exact) mass is 366 g/mol. The van der Waals surface area contributed by atoms with Crippen LogP contribution in [0.4, 0.5) is 0 Å². The van der Waals surface area contributed by atoms with Gasteiger partial charge in [-0.3, -0.25) is 10.0 Å². The molecule has 0 spiro atoms.